The first-order valence-corrected chi connectivity index (χ1v) is 14.3. The summed E-state index contributed by atoms with van der Waals surface area (Å²) in [4.78, 5) is 38.8. The van der Waals surface area contributed by atoms with Crippen LogP contribution in [0, 0.1) is 10.1 Å². The van der Waals surface area contributed by atoms with Gasteiger partial charge in [-0.2, -0.15) is 0 Å². The Labute approximate surface area is 226 Å². The second-order valence-electron chi connectivity index (χ2n) is 9.16. The van der Waals surface area contributed by atoms with Crippen LogP contribution in [0.25, 0.3) is 0 Å². The fraction of sp³-hybridized carbons (Fsp3) is 0.440. The molecule has 206 valence electrons. The van der Waals surface area contributed by atoms with Gasteiger partial charge in [0.25, 0.3) is 5.69 Å². The first kappa shape index (κ1) is 29.2. The maximum atomic E-state index is 13.7. The van der Waals surface area contributed by atoms with Gasteiger partial charge in [-0.3, -0.25) is 24.0 Å². The summed E-state index contributed by atoms with van der Waals surface area (Å²) in [5, 5.41) is 14.7. The van der Waals surface area contributed by atoms with Gasteiger partial charge in [-0.1, -0.05) is 42.6 Å². The third-order valence-electron chi connectivity index (χ3n) is 6.49. The van der Waals surface area contributed by atoms with Crippen LogP contribution < -0.4 is 14.4 Å². The lowest BCUT2D eigenvalue weighted by molar-refractivity contribution is -0.384. The van der Waals surface area contributed by atoms with Gasteiger partial charge in [0.05, 0.1) is 18.3 Å². The van der Waals surface area contributed by atoms with E-state index >= 15 is 0 Å². The molecule has 0 heterocycles. The van der Waals surface area contributed by atoms with Crippen molar-refractivity contribution in [1.29, 1.82) is 0 Å². The number of nitrogens with zero attached hydrogens (tertiary/aromatic N) is 3. The molecule has 1 atom stereocenters. The summed E-state index contributed by atoms with van der Waals surface area (Å²) in [6, 6.07) is 9.36. The molecule has 2 amide bonds. The largest absolute Gasteiger partial charge is 0.495 e. The molecule has 0 radical (unpaired) electrons. The zero-order valence-corrected chi connectivity index (χ0v) is 23.0. The number of carbonyl (C=O) groups excluding carboxylic acids is 2. The SMILES string of the molecule is COc1ccc([N+](=O)[O-])cc1N(CC(=O)N(Cc1ccccc1Cl)[C@H](C)C(=O)NC1CCCC1)S(C)(=O)=O. The molecule has 1 N–H and O–H groups in total. The number of amides is 2. The number of ether oxygens (including phenoxy) is 1. The van der Waals surface area contributed by atoms with E-state index in [2.05, 4.69) is 5.32 Å². The minimum atomic E-state index is -4.11. The van der Waals surface area contributed by atoms with Crippen molar-refractivity contribution in [3.8, 4) is 5.75 Å². The molecule has 1 aliphatic carbocycles. The number of methoxy groups -OCH3 is 1. The normalized spacial score (nSPS) is 14.5. The van der Waals surface area contributed by atoms with Crippen LogP contribution in [-0.4, -0.2) is 62.0 Å². The van der Waals surface area contributed by atoms with Gasteiger partial charge in [-0.25, -0.2) is 8.42 Å². The van der Waals surface area contributed by atoms with Gasteiger partial charge in [0.2, 0.25) is 21.8 Å². The van der Waals surface area contributed by atoms with Gasteiger partial charge in [0, 0.05) is 29.7 Å². The fourth-order valence-corrected chi connectivity index (χ4v) is 5.41. The molecule has 0 bridgehead atoms. The second kappa shape index (κ2) is 12.4. The average molecular weight is 567 g/mol. The van der Waals surface area contributed by atoms with E-state index in [0.29, 0.717) is 10.6 Å². The molecule has 1 saturated carbocycles. The van der Waals surface area contributed by atoms with E-state index in [4.69, 9.17) is 16.3 Å². The van der Waals surface area contributed by atoms with Gasteiger partial charge in [-0.15, -0.1) is 0 Å². The van der Waals surface area contributed by atoms with Gasteiger partial charge in [-0.05, 0) is 37.5 Å². The molecule has 0 aromatic heterocycles. The van der Waals surface area contributed by atoms with Crippen molar-refractivity contribution >= 4 is 44.8 Å². The van der Waals surface area contributed by atoms with Crippen LogP contribution >= 0.6 is 11.6 Å². The zero-order valence-electron chi connectivity index (χ0n) is 21.4. The highest BCUT2D eigenvalue weighted by atomic mass is 35.5. The molecule has 1 fully saturated rings. The number of carbonyl (C=O) groups is 2. The van der Waals surface area contributed by atoms with E-state index in [1.807, 2.05) is 0 Å². The molecule has 1 aliphatic rings. The smallest absolute Gasteiger partial charge is 0.271 e. The third kappa shape index (κ3) is 7.13. The number of nitro groups is 1. The van der Waals surface area contributed by atoms with Crippen LogP contribution in [0.1, 0.15) is 38.2 Å². The molecule has 13 heteroatoms. The Morgan fingerprint density at radius 2 is 1.87 bits per heavy atom. The van der Waals surface area contributed by atoms with Crippen molar-refractivity contribution in [1.82, 2.24) is 10.2 Å². The van der Waals surface area contributed by atoms with Gasteiger partial charge in [0.15, 0.2) is 0 Å². The Kier molecular flexibility index (Phi) is 9.55. The molecule has 0 spiro atoms. The Balaban J connectivity index is 1.98. The number of rotatable bonds is 11. The van der Waals surface area contributed by atoms with Gasteiger partial charge < -0.3 is 15.0 Å². The number of benzene rings is 2. The monoisotopic (exact) mass is 566 g/mol. The van der Waals surface area contributed by atoms with Gasteiger partial charge in [0.1, 0.15) is 24.0 Å². The molecular weight excluding hydrogens is 536 g/mol. The predicted octanol–water partition coefficient (Wildman–Crippen LogP) is 3.50. The molecule has 2 aromatic carbocycles. The number of hydrogen-bond acceptors (Lipinski definition) is 7. The number of nitrogens with one attached hydrogen (secondary N) is 1. The lowest BCUT2D eigenvalue weighted by Crippen LogP contribution is -2.52. The summed E-state index contributed by atoms with van der Waals surface area (Å²) in [6.07, 6.45) is 4.61. The summed E-state index contributed by atoms with van der Waals surface area (Å²) in [7, 11) is -2.83. The van der Waals surface area contributed by atoms with Crippen molar-refractivity contribution < 1.29 is 27.7 Å². The van der Waals surface area contributed by atoms with E-state index in [0.717, 1.165) is 42.3 Å². The maximum absolute atomic E-state index is 13.7. The molecule has 0 saturated heterocycles. The molecule has 3 rings (SSSR count). The van der Waals surface area contributed by atoms with E-state index in [1.54, 1.807) is 31.2 Å². The second-order valence-corrected chi connectivity index (χ2v) is 11.5. The summed E-state index contributed by atoms with van der Waals surface area (Å²) in [5.74, 6) is -1.03. The van der Waals surface area contributed by atoms with E-state index in [-0.39, 0.29) is 35.6 Å². The third-order valence-corrected chi connectivity index (χ3v) is 7.98. The highest BCUT2D eigenvalue weighted by Gasteiger charge is 2.33. The Bertz CT molecular complexity index is 1300. The first-order valence-electron chi connectivity index (χ1n) is 12.1. The van der Waals surface area contributed by atoms with Crippen LogP contribution in [-0.2, 0) is 26.2 Å². The lowest BCUT2D eigenvalue weighted by atomic mass is 10.1. The summed E-state index contributed by atoms with van der Waals surface area (Å²) in [5.41, 5.74) is 0.0271. The van der Waals surface area contributed by atoms with Crippen molar-refractivity contribution in [2.45, 2.75) is 51.2 Å². The summed E-state index contributed by atoms with van der Waals surface area (Å²) < 4.78 is 31.6. The highest BCUT2D eigenvalue weighted by Crippen LogP contribution is 2.34. The number of sulfonamides is 1. The summed E-state index contributed by atoms with van der Waals surface area (Å²) in [6.45, 7) is 0.793. The maximum Gasteiger partial charge on any atom is 0.271 e. The zero-order chi connectivity index (χ0) is 28.0. The Morgan fingerprint density at radius 3 is 2.45 bits per heavy atom. The Hall–Kier alpha value is -3.38. The number of nitro benzene ring substituents is 1. The molecule has 2 aromatic rings. The van der Waals surface area contributed by atoms with Gasteiger partial charge >= 0.3 is 0 Å². The van der Waals surface area contributed by atoms with Crippen molar-refractivity contribution in [3.05, 3.63) is 63.2 Å². The summed E-state index contributed by atoms with van der Waals surface area (Å²) >= 11 is 6.33. The van der Waals surface area contributed by atoms with Crippen LogP contribution in [0.3, 0.4) is 0 Å². The molecule has 11 nitrogen and oxygen atoms in total. The molecule has 0 unspecified atom stereocenters. The number of hydrogen-bond donors (Lipinski definition) is 1. The highest BCUT2D eigenvalue weighted by molar-refractivity contribution is 7.92. The number of anilines is 1. The van der Waals surface area contributed by atoms with Crippen LogP contribution in [0.5, 0.6) is 5.75 Å². The van der Waals surface area contributed by atoms with E-state index in [9.17, 15) is 28.1 Å². The van der Waals surface area contributed by atoms with Crippen LogP contribution in [0.15, 0.2) is 42.5 Å². The van der Waals surface area contributed by atoms with Crippen molar-refractivity contribution in [3.63, 3.8) is 0 Å². The van der Waals surface area contributed by atoms with Crippen molar-refractivity contribution in [2.24, 2.45) is 0 Å². The molecule has 0 aliphatic heterocycles. The average Bonchev–Trinajstić information content (AvgIpc) is 3.38. The number of non-ortho nitro benzene ring substituents is 1. The van der Waals surface area contributed by atoms with Crippen LogP contribution in [0.4, 0.5) is 11.4 Å². The molecule has 38 heavy (non-hydrogen) atoms. The molecular formula is C25H31ClN4O7S. The lowest BCUT2D eigenvalue weighted by Gasteiger charge is -2.32. The van der Waals surface area contributed by atoms with E-state index in [1.165, 1.54) is 24.1 Å². The standard InChI is InChI=1S/C25H31ClN4O7S/c1-17(25(32)27-19-9-5-6-10-19)28(15-18-8-4-7-11-21(18)26)24(31)16-29(38(3,35)36)22-14-20(30(33)34)12-13-23(22)37-2/h4,7-8,11-14,17,19H,5-6,9-10,15-16H2,1-3H3,(H,27,32)/t17-/m1/s1. The van der Waals surface area contributed by atoms with Crippen molar-refractivity contribution in [2.75, 3.05) is 24.2 Å². The quantitative estimate of drug-likeness (QED) is 0.324. The topological polar surface area (TPSA) is 139 Å². The minimum Gasteiger partial charge on any atom is -0.495 e. The predicted molar refractivity (Wildman–Crippen MR) is 144 cm³/mol. The fourth-order valence-electron chi connectivity index (χ4n) is 4.37. The van der Waals surface area contributed by atoms with Crippen LogP contribution in [0.2, 0.25) is 5.02 Å². The minimum absolute atomic E-state index is 0.0175. The van der Waals surface area contributed by atoms with E-state index < -0.39 is 33.4 Å². The number of halogens is 1. The Morgan fingerprint density at radius 1 is 1.21 bits per heavy atom. The first-order chi connectivity index (χ1) is 17.9.